The van der Waals surface area contributed by atoms with Crippen LogP contribution in [0.2, 0.25) is 0 Å². The lowest BCUT2D eigenvalue weighted by Crippen LogP contribution is -2.26. The minimum atomic E-state index is 0.276. The molecule has 1 fully saturated rings. The number of hydrogen-bond donors (Lipinski definition) is 1. The van der Waals surface area contributed by atoms with E-state index in [1.807, 2.05) is 12.1 Å². The molecule has 1 aliphatic rings. The van der Waals surface area contributed by atoms with Crippen LogP contribution in [-0.2, 0) is 6.54 Å². The van der Waals surface area contributed by atoms with E-state index in [4.69, 9.17) is 0 Å². The second kappa shape index (κ2) is 5.07. The van der Waals surface area contributed by atoms with Gasteiger partial charge >= 0.3 is 0 Å². The Labute approximate surface area is 113 Å². The van der Waals surface area contributed by atoms with Crippen LogP contribution in [0.1, 0.15) is 25.3 Å². The summed E-state index contributed by atoms with van der Waals surface area (Å²) in [7, 11) is 0. The summed E-state index contributed by atoms with van der Waals surface area (Å²) in [6.45, 7) is 4.41. The minimum absolute atomic E-state index is 0.276. The van der Waals surface area contributed by atoms with Gasteiger partial charge < -0.3 is 5.11 Å². The molecule has 0 amide bonds. The van der Waals surface area contributed by atoms with E-state index in [0.29, 0.717) is 6.04 Å². The van der Waals surface area contributed by atoms with Crippen molar-refractivity contribution in [1.82, 2.24) is 4.90 Å². The maximum absolute atomic E-state index is 9.64. The Hall–Kier alpha value is -0.0600. The summed E-state index contributed by atoms with van der Waals surface area (Å²) in [6.07, 6.45) is 2.59. The molecule has 16 heavy (non-hydrogen) atoms. The zero-order chi connectivity index (χ0) is 11.7. The quantitative estimate of drug-likeness (QED) is 0.876. The highest BCUT2D eigenvalue weighted by molar-refractivity contribution is 9.11. The zero-order valence-corrected chi connectivity index (χ0v) is 12.4. The average molecular weight is 349 g/mol. The number of halogens is 2. The predicted molar refractivity (Wildman–Crippen MR) is 72.6 cm³/mol. The van der Waals surface area contributed by atoms with Gasteiger partial charge in [-0.05, 0) is 75.9 Å². The van der Waals surface area contributed by atoms with Crippen LogP contribution in [0.5, 0.6) is 5.75 Å². The van der Waals surface area contributed by atoms with Crippen LogP contribution < -0.4 is 0 Å². The zero-order valence-electron chi connectivity index (χ0n) is 9.21. The van der Waals surface area contributed by atoms with Crippen LogP contribution in [0.25, 0.3) is 0 Å². The Bertz CT molecular complexity index is 372. The van der Waals surface area contributed by atoms with Gasteiger partial charge in [0.05, 0.1) is 8.95 Å². The third-order valence-corrected chi connectivity index (χ3v) is 4.36. The lowest BCUT2D eigenvalue weighted by molar-refractivity contribution is 0.260. The first-order valence-corrected chi connectivity index (χ1v) is 7.07. The van der Waals surface area contributed by atoms with Crippen LogP contribution in [0.15, 0.2) is 21.1 Å². The number of rotatable bonds is 2. The molecule has 1 N–H and O–H groups in total. The molecule has 1 aromatic carbocycles. The molecule has 0 spiro atoms. The SMILES string of the molecule is CC1CCCN1Cc1cc(Br)c(O)c(Br)c1. The molecule has 1 aromatic rings. The van der Waals surface area contributed by atoms with Crippen molar-refractivity contribution in [1.29, 1.82) is 0 Å². The normalized spacial score (nSPS) is 21.6. The molecule has 0 saturated carbocycles. The summed E-state index contributed by atoms with van der Waals surface area (Å²) in [5.41, 5.74) is 1.23. The standard InChI is InChI=1S/C12H15Br2NO/c1-8-3-2-4-15(8)7-9-5-10(13)12(16)11(14)6-9/h5-6,8,16H,2-4,7H2,1H3. The fraction of sp³-hybridized carbons (Fsp3) is 0.500. The molecule has 2 nitrogen and oxygen atoms in total. The molecule has 88 valence electrons. The number of phenols is 1. The highest BCUT2D eigenvalue weighted by Crippen LogP contribution is 2.34. The van der Waals surface area contributed by atoms with E-state index in [1.165, 1.54) is 24.9 Å². The highest BCUT2D eigenvalue weighted by atomic mass is 79.9. The smallest absolute Gasteiger partial charge is 0.143 e. The minimum Gasteiger partial charge on any atom is -0.506 e. The maximum atomic E-state index is 9.64. The number of likely N-dealkylation sites (tertiary alicyclic amines) is 1. The third-order valence-electron chi connectivity index (χ3n) is 3.15. The summed E-state index contributed by atoms with van der Waals surface area (Å²) in [5.74, 6) is 0.276. The summed E-state index contributed by atoms with van der Waals surface area (Å²) in [4.78, 5) is 2.48. The fourth-order valence-electron chi connectivity index (χ4n) is 2.17. The number of benzene rings is 1. The molecule has 0 radical (unpaired) electrons. The van der Waals surface area contributed by atoms with Crippen molar-refractivity contribution in [3.05, 3.63) is 26.6 Å². The largest absolute Gasteiger partial charge is 0.506 e. The van der Waals surface area contributed by atoms with Gasteiger partial charge in [-0.3, -0.25) is 4.90 Å². The molecule has 0 aromatic heterocycles. The third kappa shape index (κ3) is 2.60. The number of aromatic hydroxyl groups is 1. The molecule has 0 aliphatic carbocycles. The molecule has 1 saturated heterocycles. The Balaban J connectivity index is 2.15. The molecule has 2 rings (SSSR count). The summed E-state index contributed by atoms with van der Waals surface area (Å²) in [6, 6.07) is 4.65. The van der Waals surface area contributed by atoms with Crippen molar-refractivity contribution < 1.29 is 5.11 Å². The van der Waals surface area contributed by atoms with Crippen LogP contribution in [0, 0.1) is 0 Å². The van der Waals surface area contributed by atoms with E-state index in [0.717, 1.165) is 15.5 Å². The first kappa shape index (κ1) is 12.4. The molecular formula is C12H15Br2NO. The first-order valence-electron chi connectivity index (χ1n) is 5.49. The lowest BCUT2D eigenvalue weighted by atomic mass is 10.2. The van der Waals surface area contributed by atoms with Gasteiger partial charge in [0.1, 0.15) is 5.75 Å². The van der Waals surface area contributed by atoms with Crippen molar-refractivity contribution in [2.45, 2.75) is 32.4 Å². The number of phenolic OH excluding ortho intramolecular Hbond substituents is 1. The predicted octanol–water partition coefficient (Wildman–Crippen LogP) is 3.90. The van der Waals surface area contributed by atoms with E-state index in [2.05, 4.69) is 43.7 Å². The second-order valence-electron chi connectivity index (χ2n) is 4.37. The average Bonchev–Trinajstić information content (AvgIpc) is 2.61. The van der Waals surface area contributed by atoms with Crippen LogP contribution in [0.3, 0.4) is 0 Å². The van der Waals surface area contributed by atoms with E-state index in [-0.39, 0.29) is 5.75 Å². The van der Waals surface area contributed by atoms with Crippen molar-refractivity contribution >= 4 is 31.9 Å². The molecule has 4 heteroatoms. The molecular weight excluding hydrogens is 334 g/mol. The summed E-state index contributed by atoms with van der Waals surface area (Å²) >= 11 is 6.73. The Morgan fingerprint density at radius 3 is 2.50 bits per heavy atom. The van der Waals surface area contributed by atoms with Gasteiger partial charge in [-0.25, -0.2) is 0 Å². The topological polar surface area (TPSA) is 23.5 Å². The van der Waals surface area contributed by atoms with Crippen LogP contribution in [0.4, 0.5) is 0 Å². The highest BCUT2D eigenvalue weighted by Gasteiger charge is 2.20. The van der Waals surface area contributed by atoms with Gasteiger partial charge in [-0.2, -0.15) is 0 Å². The monoisotopic (exact) mass is 347 g/mol. The van der Waals surface area contributed by atoms with E-state index in [1.54, 1.807) is 0 Å². The molecule has 1 aliphatic heterocycles. The summed E-state index contributed by atoms with van der Waals surface area (Å²) in [5, 5.41) is 9.64. The van der Waals surface area contributed by atoms with Gasteiger partial charge in [0.25, 0.3) is 0 Å². The van der Waals surface area contributed by atoms with Crippen LogP contribution >= 0.6 is 31.9 Å². The van der Waals surface area contributed by atoms with Gasteiger partial charge in [-0.1, -0.05) is 0 Å². The van der Waals surface area contributed by atoms with E-state index in [9.17, 15) is 5.11 Å². The fourth-order valence-corrected chi connectivity index (χ4v) is 3.45. The first-order chi connectivity index (χ1) is 7.58. The van der Waals surface area contributed by atoms with Crippen molar-refractivity contribution in [3.63, 3.8) is 0 Å². The van der Waals surface area contributed by atoms with E-state index >= 15 is 0 Å². The van der Waals surface area contributed by atoms with Crippen molar-refractivity contribution in [2.75, 3.05) is 6.54 Å². The molecule has 1 unspecified atom stereocenters. The Kier molecular flexibility index (Phi) is 3.93. The molecule has 0 bridgehead atoms. The van der Waals surface area contributed by atoms with Gasteiger partial charge in [-0.15, -0.1) is 0 Å². The second-order valence-corrected chi connectivity index (χ2v) is 6.08. The van der Waals surface area contributed by atoms with Crippen LogP contribution in [-0.4, -0.2) is 22.6 Å². The Morgan fingerprint density at radius 2 is 2.00 bits per heavy atom. The van der Waals surface area contributed by atoms with Crippen molar-refractivity contribution in [2.24, 2.45) is 0 Å². The van der Waals surface area contributed by atoms with Gasteiger partial charge in [0.15, 0.2) is 0 Å². The number of nitrogens with zero attached hydrogens (tertiary/aromatic N) is 1. The number of hydrogen-bond acceptors (Lipinski definition) is 2. The van der Waals surface area contributed by atoms with Crippen molar-refractivity contribution in [3.8, 4) is 5.75 Å². The van der Waals surface area contributed by atoms with Gasteiger partial charge in [0, 0.05) is 12.6 Å². The van der Waals surface area contributed by atoms with E-state index < -0.39 is 0 Å². The maximum Gasteiger partial charge on any atom is 0.143 e. The Morgan fingerprint density at radius 1 is 1.38 bits per heavy atom. The molecule has 1 atom stereocenters. The van der Waals surface area contributed by atoms with Gasteiger partial charge in [0.2, 0.25) is 0 Å². The summed E-state index contributed by atoms with van der Waals surface area (Å²) < 4.78 is 1.51. The lowest BCUT2D eigenvalue weighted by Gasteiger charge is -2.21. The molecule has 1 heterocycles.